The Bertz CT molecular complexity index is 528. The zero-order valence-corrected chi connectivity index (χ0v) is 8.59. The van der Waals surface area contributed by atoms with Crippen molar-refractivity contribution in [1.29, 1.82) is 0 Å². The van der Waals surface area contributed by atoms with Gasteiger partial charge in [0.1, 0.15) is 5.76 Å². The van der Waals surface area contributed by atoms with E-state index in [0.717, 1.165) is 12.1 Å². The normalized spacial score (nSPS) is 10.2. The van der Waals surface area contributed by atoms with Gasteiger partial charge in [-0.05, 0) is 12.1 Å². The SMILES string of the molecule is O=[N+]([O-])c1cc(NCc2cnco2)ccc1F. The molecule has 0 aliphatic heterocycles. The van der Waals surface area contributed by atoms with Crippen LogP contribution in [0.5, 0.6) is 0 Å². The van der Waals surface area contributed by atoms with Gasteiger partial charge in [0.25, 0.3) is 0 Å². The van der Waals surface area contributed by atoms with Gasteiger partial charge < -0.3 is 9.73 Å². The quantitative estimate of drug-likeness (QED) is 0.651. The van der Waals surface area contributed by atoms with Gasteiger partial charge in [-0.1, -0.05) is 0 Å². The van der Waals surface area contributed by atoms with Gasteiger partial charge in [-0.15, -0.1) is 0 Å². The van der Waals surface area contributed by atoms with Crippen LogP contribution in [-0.4, -0.2) is 9.91 Å². The van der Waals surface area contributed by atoms with E-state index < -0.39 is 16.4 Å². The first-order valence-corrected chi connectivity index (χ1v) is 4.72. The van der Waals surface area contributed by atoms with Crippen LogP contribution in [0.2, 0.25) is 0 Å². The molecule has 88 valence electrons. The first kappa shape index (κ1) is 11.1. The molecule has 0 amide bonds. The van der Waals surface area contributed by atoms with Gasteiger partial charge in [-0.25, -0.2) is 4.98 Å². The molecule has 17 heavy (non-hydrogen) atoms. The number of oxazole rings is 1. The molecule has 0 radical (unpaired) electrons. The van der Waals surface area contributed by atoms with E-state index in [4.69, 9.17) is 4.42 Å². The summed E-state index contributed by atoms with van der Waals surface area (Å²) in [4.78, 5) is 13.5. The number of aromatic nitrogens is 1. The van der Waals surface area contributed by atoms with Crippen LogP contribution in [-0.2, 0) is 6.54 Å². The van der Waals surface area contributed by atoms with E-state index in [2.05, 4.69) is 10.3 Å². The Kier molecular flexibility index (Phi) is 2.99. The van der Waals surface area contributed by atoms with Gasteiger partial charge in [0, 0.05) is 11.8 Å². The van der Waals surface area contributed by atoms with Crippen molar-refractivity contribution in [2.45, 2.75) is 6.54 Å². The van der Waals surface area contributed by atoms with Crippen LogP contribution in [0.25, 0.3) is 0 Å². The zero-order chi connectivity index (χ0) is 12.3. The van der Waals surface area contributed by atoms with Gasteiger partial charge >= 0.3 is 5.69 Å². The van der Waals surface area contributed by atoms with E-state index in [0.29, 0.717) is 18.0 Å². The highest BCUT2D eigenvalue weighted by molar-refractivity contribution is 5.51. The summed E-state index contributed by atoms with van der Waals surface area (Å²) in [6.45, 7) is 0.322. The highest BCUT2D eigenvalue weighted by atomic mass is 19.1. The van der Waals surface area contributed by atoms with E-state index in [1.54, 1.807) is 0 Å². The van der Waals surface area contributed by atoms with Gasteiger partial charge in [0.2, 0.25) is 5.82 Å². The minimum atomic E-state index is -0.861. The van der Waals surface area contributed by atoms with Crippen LogP contribution >= 0.6 is 0 Å². The summed E-state index contributed by atoms with van der Waals surface area (Å²) in [5, 5.41) is 13.4. The molecule has 2 rings (SSSR count). The lowest BCUT2D eigenvalue weighted by molar-refractivity contribution is -0.387. The lowest BCUT2D eigenvalue weighted by Gasteiger charge is -2.03. The number of nitro groups is 1. The number of nitrogens with zero attached hydrogens (tertiary/aromatic N) is 2. The Labute approximate surface area is 95.2 Å². The van der Waals surface area contributed by atoms with E-state index in [1.165, 1.54) is 18.7 Å². The largest absolute Gasteiger partial charge is 0.447 e. The highest BCUT2D eigenvalue weighted by Crippen LogP contribution is 2.21. The third-order valence-electron chi connectivity index (χ3n) is 2.09. The molecule has 0 atom stereocenters. The van der Waals surface area contributed by atoms with Crippen LogP contribution < -0.4 is 5.32 Å². The molecule has 7 heteroatoms. The monoisotopic (exact) mass is 237 g/mol. The van der Waals surface area contributed by atoms with Crippen molar-refractivity contribution in [3.8, 4) is 0 Å². The number of benzene rings is 1. The number of rotatable bonds is 4. The van der Waals surface area contributed by atoms with Crippen molar-refractivity contribution in [2.75, 3.05) is 5.32 Å². The molecular weight excluding hydrogens is 229 g/mol. The van der Waals surface area contributed by atoms with E-state index in [9.17, 15) is 14.5 Å². The minimum absolute atomic E-state index is 0.322. The van der Waals surface area contributed by atoms with Gasteiger partial charge in [-0.3, -0.25) is 10.1 Å². The Morgan fingerprint density at radius 1 is 1.53 bits per heavy atom. The van der Waals surface area contributed by atoms with Gasteiger partial charge in [-0.2, -0.15) is 4.39 Å². The van der Waals surface area contributed by atoms with Crippen molar-refractivity contribution in [3.05, 3.63) is 52.5 Å². The Hall–Kier alpha value is -2.44. The molecule has 0 bridgehead atoms. The maximum Gasteiger partial charge on any atom is 0.306 e. The maximum atomic E-state index is 13.0. The number of hydrogen-bond donors (Lipinski definition) is 1. The molecule has 0 saturated heterocycles. The molecule has 0 saturated carbocycles. The minimum Gasteiger partial charge on any atom is -0.447 e. The molecule has 1 heterocycles. The van der Waals surface area contributed by atoms with Crippen molar-refractivity contribution in [3.63, 3.8) is 0 Å². The Morgan fingerprint density at radius 2 is 2.35 bits per heavy atom. The molecule has 1 N–H and O–H groups in total. The zero-order valence-electron chi connectivity index (χ0n) is 8.59. The first-order valence-electron chi connectivity index (χ1n) is 4.72. The lowest BCUT2D eigenvalue weighted by atomic mass is 10.2. The molecule has 0 aliphatic carbocycles. The highest BCUT2D eigenvalue weighted by Gasteiger charge is 2.14. The second-order valence-corrected chi connectivity index (χ2v) is 3.24. The average molecular weight is 237 g/mol. The van der Waals surface area contributed by atoms with Crippen LogP contribution in [0.3, 0.4) is 0 Å². The Morgan fingerprint density at radius 3 is 3.00 bits per heavy atom. The summed E-state index contributed by atoms with van der Waals surface area (Å²) in [5.41, 5.74) is -0.123. The van der Waals surface area contributed by atoms with Crippen molar-refractivity contribution < 1.29 is 13.7 Å². The summed E-state index contributed by atoms with van der Waals surface area (Å²) >= 11 is 0. The molecular formula is C10H8FN3O3. The third kappa shape index (κ3) is 2.57. The molecule has 0 aliphatic rings. The fraction of sp³-hybridized carbons (Fsp3) is 0.100. The fourth-order valence-corrected chi connectivity index (χ4v) is 1.28. The number of nitrogens with one attached hydrogen (secondary N) is 1. The Balaban J connectivity index is 2.11. The van der Waals surface area contributed by atoms with E-state index >= 15 is 0 Å². The maximum absolute atomic E-state index is 13.0. The molecule has 0 fully saturated rings. The standard InChI is InChI=1S/C10H8FN3O3/c11-9-2-1-7(3-10(9)14(15)16)13-5-8-4-12-6-17-8/h1-4,6,13H,5H2. The van der Waals surface area contributed by atoms with Crippen molar-refractivity contribution >= 4 is 11.4 Å². The molecule has 2 aromatic rings. The van der Waals surface area contributed by atoms with Crippen LogP contribution in [0.15, 0.2) is 35.2 Å². The predicted molar refractivity (Wildman–Crippen MR) is 56.9 cm³/mol. The number of nitro benzene ring substituents is 1. The van der Waals surface area contributed by atoms with E-state index in [-0.39, 0.29) is 0 Å². The molecule has 6 nitrogen and oxygen atoms in total. The topological polar surface area (TPSA) is 81.2 Å². The second kappa shape index (κ2) is 4.60. The summed E-state index contributed by atoms with van der Waals surface area (Å²) in [5.74, 6) is -0.280. The third-order valence-corrected chi connectivity index (χ3v) is 2.09. The fourth-order valence-electron chi connectivity index (χ4n) is 1.28. The van der Waals surface area contributed by atoms with Crippen molar-refractivity contribution in [1.82, 2.24) is 4.98 Å². The number of halogens is 1. The molecule has 0 spiro atoms. The number of anilines is 1. The summed E-state index contributed by atoms with van der Waals surface area (Å²) in [6, 6.07) is 3.59. The average Bonchev–Trinajstić information content (AvgIpc) is 2.80. The lowest BCUT2D eigenvalue weighted by Crippen LogP contribution is -2.00. The van der Waals surface area contributed by atoms with E-state index in [1.807, 2.05) is 0 Å². The van der Waals surface area contributed by atoms with Gasteiger partial charge in [0.05, 0.1) is 17.7 Å². The predicted octanol–water partition coefficient (Wildman–Crippen LogP) is 2.33. The summed E-state index contributed by atoms with van der Waals surface area (Å²) in [6.07, 6.45) is 2.80. The first-order chi connectivity index (χ1) is 8.16. The molecule has 0 unspecified atom stereocenters. The van der Waals surface area contributed by atoms with Gasteiger partial charge in [0.15, 0.2) is 6.39 Å². The summed E-state index contributed by atoms with van der Waals surface area (Å²) in [7, 11) is 0. The van der Waals surface area contributed by atoms with Crippen LogP contribution in [0, 0.1) is 15.9 Å². The van der Waals surface area contributed by atoms with Crippen LogP contribution in [0.4, 0.5) is 15.8 Å². The molecule has 1 aromatic carbocycles. The van der Waals surface area contributed by atoms with Crippen molar-refractivity contribution in [2.24, 2.45) is 0 Å². The second-order valence-electron chi connectivity index (χ2n) is 3.24. The number of hydrogen-bond acceptors (Lipinski definition) is 5. The smallest absolute Gasteiger partial charge is 0.306 e. The molecule has 1 aromatic heterocycles. The summed E-state index contributed by atoms with van der Waals surface area (Å²) < 4.78 is 18.0. The van der Waals surface area contributed by atoms with Crippen LogP contribution in [0.1, 0.15) is 5.76 Å².